The summed E-state index contributed by atoms with van der Waals surface area (Å²) in [6.07, 6.45) is 5.49. The fourth-order valence-electron chi connectivity index (χ4n) is 3.80. The number of primary amides is 1. The molecule has 0 unspecified atom stereocenters. The molecule has 3 N–H and O–H groups in total. The third kappa shape index (κ3) is 5.55. The van der Waals surface area contributed by atoms with Crippen molar-refractivity contribution in [3.8, 4) is 0 Å². The number of pyridine rings is 1. The van der Waals surface area contributed by atoms with E-state index in [0.29, 0.717) is 5.02 Å². The van der Waals surface area contributed by atoms with E-state index in [4.69, 9.17) is 17.3 Å². The number of nitrogens with two attached hydrogens (primary N) is 1. The van der Waals surface area contributed by atoms with Crippen molar-refractivity contribution >= 4 is 45.4 Å². The SMILES string of the molecule is Clc1ccc(Nc2nnc(Cc3ccncc3)c3ccccc23)cc1.Cn1nnc2c(C(N)=O)ncn2c1=O. The summed E-state index contributed by atoms with van der Waals surface area (Å²) >= 11 is 5.95. The van der Waals surface area contributed by atoms with E-state index in [2.05, 4.69) is 47.9 Å². The van der Waals surface area contributed by atoms with Crippen molar-refractivity contribution < 1.29 is 4.79 Å². The van der Waals surface area contributed by atoms with Crippen LogP contribution < -0.4 is 16.7 Å². The molecule has 0 aliphatic heterocycles. The Hall–Kier alpha value is -5.23. The molecule has 1 amide bonds. The monoisotopic (exact) mass is 540 g/mol. The van der Waals surface area contributed by atoms with Crippen LogP contribution in [0.15, 0.2) is 84.2 Å². The second-order valence-corrected chi connectivity index (χ2v) is 8.79. The van der Waals surface area contributed by atoms with Crippen LogP contribution in [-0.4, -0.2) is 45.5 Å². The summed E-state index contributed by atoms with van der Waals surface area (Å²) in [6.45, 7) is 0. The van der Waals surface area contributed by atoms with Gasteiger partial charge >= 0.3 is 5.69 Å². The van der Waals surface area contributed by atoms with Crippen LogP contribution in [0.5, 0.6) is 0 Å². The smallest absolute Gasteiger partial charge is 0.352 e. The fraction of sp³-hybridized carbons (Fsp3) is 0.0769. The summed E-state index contributed by atoms with van der Waals surface area (Å²) < 4.78 is 2.13. The number of fused-ring (bicyclic) bond motifs is 2. The molecule has 0 fully saturated rings. The van der Waals surface area contributed by atoms with Gasteiger partial charge in [-0.1, -0.05) is 41.1 Å². The van der Waals surface area contributed by atoms with Gasteiger partial charge in [0.25, 0.3) is 5.91 Å². The first-order valence-electron chi connectivity index (χ1n) is 11.6. The van der Waals surface area contributed by atoms with Gasteiger partial charge in [-0.25, -0.2) is 14.2 Å². The molecule has 0 aliphatic rings. The molecule has 0 aliphatic carbocycles. The Morgan fingerprint density at radius 3 is 2.41 bits per heavy atom. The highest BCUT2D eigenvalue weighted by Crippen LogP contribution is 2.27. The molecule has 0 radical (unpaired) electrons. The van der Waals surface area contributed by atoms with Crippen LogP contribution in [0.1, 0.15) is 21.7 Å². The van der Waals surface area contributed by atoms with Crippen LogP contribution in [0, 0.1) is 0 Å². The first kappa shape index (κ1) is 25.4. The molecule has 0 spiro atoms. The number of imidazole rings is 1. The van der Waals surface area contributed by atoms with Crippen molar-refractivity contribution in [2.75, 3.05) is 5.32 Å². The third-order valence-corrected chi connectivity index (χ3v) is 5.98. The number of hydrogen-bond donors (Lipinski definition) is 2. The Bertz CT molecular complexity index is 1840. The molecular weight excluding hydrogens is 520 g/mol. The Kier molecular flexibility index (Phi) is 7.19. The van der Waals surface area contributed by atoms with Gasteiger partial charge < -0.3 is 11.1 Å². The van der Waals surface area contributed by atoms with Crippen LogP contribution in [0.2, 0.25) is 5.02 Å². The zero-order chi connectivity index (χ0) is 27.4. The van der Waals surface area contributed by atoms with Gasteiger partial charge in [0.2, 0.25) is 0 Å². The number of carbonyl (C=O) groups excluding carboxylic acids is 1. The van der Waals surface area contributed by atoms with Crippen LogP contribution in [0.4, 0.5) is 11.5 Å². The summed E-state index contributed by atoms with van der Waals surface area (Å²) in [6, 6.07) is 19.7. The first-order chi connectivity index (χ1) is 18.9. The number of hydrogen-bond acceptors (Lipinski definition) is 9. The largest absolute Gasteiger partial charge is 0.364 e. The van der Waals surface area contributed by atoms with Crippen LogP contribution in [0.3, 0.4) is 0 Å². The zero-order valence-corrected chi connectivity index (χ0v) is 21.3. The molecule has 0 bridgehead atoms. The van der Waals surface area contributed by atoms with Crippen molar-refractivity contribution in [2.24, 2.45) is 12.8 Å². The average Bonchev–Trinajstić information content (AvgIpc) is 3.40. The molecule has 0 saturated heterocycles. The highest BCUT2D eigenvalue weighted by molar-refractivity contribution is 6.30. The lowest BCUT2D eigenvalue weighted by molar-refractivity contribution is 0.0997. The lowest BCUT2D eigenvalue weighted by Gasteiger charge is -2.11. The van der Waals surface area contributed by atoms with Gasteiger partial charge in [-0.05, 0) is 42.0 Å². The second-order valence-electron chi connectivity index (χ2n) is 8.35. The maximum atomic E-state index is 11.4. The Morgan fingerprint density at radius 1 is 0.974 bits per heavy atom. The summed E-state index contributed by atoms with van der Waals surface area (Å²) in [7, 11) is 1.44. The summed E-state index contributed by atoms with van der Waals surface area (Å²) in [4.78, 5) is 30.0. The van der Waals surface area contributed by atoms with Crippen LogP contribution in [-0.2, 0) is 13.5 Å². The number of nitrogens with zero attached hydrogens (tertiary/aromatic N) is 8. The lowest BCUT2D eigenvalue weighted by Crippen LogP contribution is -2.27. The van der Waals surface area contributed by atoms with Crippen molar-refractivity contribution in [2.45, 2.75) is 6.42 Å². The predicted molar refractivity (Wildman–Crippen MR) is 146 cm³/mol. The van der Waals surface area contributed by atoms with Crippen molar-refractivity contribution in [3.05, 3.63) is 112 Å². The van der Waals surface area contributed by atoms with E-state index in [1.807, 2.05) is 48.5 Å². The Balaban J connectivity index is 0.000000186. The van der Waals surface area contributed by atoms with E-state index in [1.54, 1.807) is 12.4 Å². The molecule has 0 saturated carbocycles. The highest BCUT2D eigenvalue weighted by Gasteiger charge is 2.14. The number of anilines is 2. The molecule has 2 aromatic carbocycles. The number of nitrogens with one attached hydrogen (secondary N) is 1. The molecule has 13 heteroatoms. The van der Waals surface area contributed by atoms with E-state index in [0.717, 1.165) is 49.0 Å². The first-order valence-corrected chi connectivity index (χ1v) is 12.0. The molecule has 194 valence electrons. The number of amides is 1. The number of aromatic nitrogens is 8. The van der Waals surface area contributed by atoms with Crippen molar-refractivity contribution in [1.82, 2.24) is 39.6 Å². The molecule has 4 aromatic heterocycles. The van der Waals surface area contributed by atoms with E-state index in [9.17, 15) is 9.59 Å². The molecule has 6 rings (SSSR count). The number of rotatable bonds is 5. The van der Waals surface area contributed by atoms with Crippen LogP contribution >= 0.6 is 11.6 Å². The standard InChI is InChI=1S/C20H15ClN4.C6H6N6O2/c21-15-5-7-16(8-6-15)23-20-18-4-2-1-3-17(18)19(24-25-20)13-14-9-11-22-12-10-14;1-11-6(14)12-2-8-3(4(7)13)5(12)9-10-11/h1-12H,13H2,(H,23,25);2H,1H3,(H2,7,13). The summed E-state index contributed by atoms with van der Waals surface area (Å²) in [5, 5.41) is 22.2. The van der Waals surface area contributed by atoms with Gasteiger partial charge in [-0.15, -0.1) is 10.2 Å². The third-order valence-electron chi connectivity index (χ3n) is 5.72. The van der Waals surface area contributed by atoms with Crippen molar-refractivity contribution in [3.63, 3.8) is 0 Å². The quantitative estimate of drug-likeness (QED) is 0.335. The normalized spacial score (nSPS) is 10.7. The van der Waals surface area contributed by atoms with Gasteiger partial charge in [-0.2, -0.15) is 9.78 Å². The van der Waals surface area contributed by atoms with Crippen LogP contribution in [0.25, 0.3) is 16.4 Å². The topological polar surface area (TPSA) is 159 Å². The minimum Gasteiger partial charge on any atom is -0.364 e. The zero-order valence-electron chi connectivity index (χ0n) is 20.6. The van der Waals surface area contributed by atoms with E-state index in [1.165, 1.54) is 13.4 Å². The second kappa shape index (κ2) is 11.0. The molecule has 6 aromatic rings. The number of benzene rings is 2. The highest BCUT2D eigenvalue weighted by atomic mass is 35.5. The Labute approximate surface area is 226 Å². The van der Waals surface area contributed by atoms with Gasteiger partial charge in [0.15, 0.2) is 17.2 Å². The van der Waals surface area contributed by atoms with E-state index >= 15 is 0 Å². The molecular formula is C26H21ClN10O2. The summed E-state index contributed by atoms with van der Waals surface area (Å²) in [5.74, 6) is -0.00791. The molecule has 4 heterocycles. The predicted octanol–water partition coefficient (Wildman–Crippen LogP) is 2.93. The fourth-order valence-corrected chi connectivity index (χ4v) is 3.93. The number of halogens is 1. The maximum absolute atomic E-state index is 11.4. The molecule has 12 nitrogen and oxygen atoms in total. The molecule has 39 heavy (non-hydrogen) atoms. The van der Waals surface area contributed by atoms with Gasteiger partial charge in [0.05, 0.1) is 5.69 Å². The minimum absolute atomic E-state index is 0.0600. The van der Waals surface area contributed by atoms with Gasteiger partial charge in [-0.3, -0.25) is 9.78 Å². The summed E-state index contributed by atoms with van der Waals surface area (Å²) in [5.41, 5.74) is 7.63. The van der Waals surface area contributed by atoms with Gasteiger partial charge in [0.1, 0.15) is 6.33 Å². The van der Waals surface area contributed by atoms with Crippen molar-refractivity contribution in [1.29, 1.82) is 0 Å². The van der Waals surface area contributed by atoms with E-state index < -0.39 is 11.6 Å². The number of aryl methyl sites for hydroxylation is 1. The Morgan fingerprint density at radius 2 is 1.69 bits per heavy atom. The van der Waals surface area contributed by atoms with E-state index in [-0.39, 0.29) is 11.3 Å². The number of carbonyl (C=O) groups is 1. The lowest BCUT2D eigenvalue weighted by atomic mass is 10.0. The minimum atomic E-state index is -0.741. The van der Waals surface area contributed by atoms with Gasteiger partial charge in [0, 0.05) is 47.3 Å². The average molecular weight is 541 g/mol. The molecule has 0 atom stereocenters. The maximum Gasteiger partial charge on any atom is 0.352 e.